The van der Waals surface area contributed by atoms with Gasteiger partial charge in [-0.3, -0.25) is 4.79 Å². The van der Waals surface area contributed by atoms with Gasteiger partial charge in [0.2, 0.25) is 5.91 Å². The van der Waals surface area contributed by atoms with Gasteiger partial charge in [-0.15, -0.1) is 11.6 Å². The molecule has 0 aliphatic carbocycles. The van der Waals surface area contributed by atoms with Gasteiger partial charge in [0.15, 0.2) is 0 Å². The summed E-state index contributed by atoms with van der Waals surface area (Å²) >= 11 is 5.81. The van der Waals surface area contributed by atoms with Crippen LogP contribution in [0.15, 0.2) is 30.3 Å². The molecule has 0 saturated heterocycles. The number of aliphatic hydroxyl groups excluding tert-OH is 1. The van der Waals surface area contributed by atoms with Crippen LogP contribution in [0.1, 0.15) is 24.9 Å². The van der Waals surface area contributed by atoms with E-state index in [0.717, 1.165) is 5.56 Å². The van der Waals surface area contributed by atoms with Crippen LogP contribution in [-0.2, 0) is 4.79 Å². The van der Waals surface area contributed by atoms with Gasteiger partial charge in [-0.2, -0.15) is 0 Å². The molecule has 2 N–H and O–H groups in total. The smallest absolute Gasteiger partial charge is 0.238 e. The third-order valence-corrected chi connectivity index (χ3v) is 2.85. The maximum atomic E-state index is 11.6. The van der Waals surface area contributed by atoms with Crippen LogP contribution in [0.3, 0.4) is 0 Å². The van der Waals surface area contributed by atoms with Crippen LogP contribution >= 0.6 is 11.6 Å². The number of carbonyl (C=O) groups is 1. The second-order valence-electron chi connectivity index (χ2n) is 3.53. The quantitative estimate of drug-likeness (QED) is 0.773. The van der Waals surface area contributed by atoms with Gasteiger partial charge >= 0.3 is 0 Å². The fourth-order valence-electron chi connectivity index (χ4n) is 1.37. The molecular weight excluding hydrogens is 226 g/mol. The highest BCUT2D eigenvalue weighted by atomic mass is 35.5. The average molecular weight is 242 g/mol. The molecule has 1 amide bonds. The number of halogens is 1. The molecule has 2 unspecified atom stereocenters. The summed E-state index contributed by atoms with van der Waals surface area (Å²) in [5.74, 6) is -0.243. The molecule has 4 heteroatoms. The van der Waals surface area contributed by atoms with Crippen molar-refractivity contribution < 1.29 is 9.90 Å². The monoisotopic (exact) mass is 241 g/mol. The molecule has 88 valence electrons. The molecule has 1 aromatic carbocycles. The molecule has 1 rings (SSSR count). The first-order chi connectivity index (χ1) is 7.69. The molecule has 0 aliphatic rings. The van der Waals surface area contributed by atoms with Gasteiger partial charge in [-0.05, 0) is 12.0 Å². The van der Waals surface area contributed by atoms with Crippen molar-refractivity contribution in [1.29, 1.82) is 0 Å². The third-order valence-electron chi connectivity index (χ3n) is 2.34. The van der Waals surface area contributed by atoms with Crippen LogP contribution in [0, 0.1) is 0 Å². The number of nitrogens with one attached hydrogen (secondary N) is 1. The van der Waals surface area contributed by atoms with Gasteiger partial charge in [0.1, 0.15) is 5.38 Å². The van der Waals surface area contributed by atoms with Crippen molar-refractivity contribution in [3.63, 3.8) is 0 Å². The lowest BCUT2D eigenvalue weighted by atomic mass is 10.1. The van der Waals surface area contributed by atoms with Gasteiger partial charge in [-0.25, -0.2) is 0 Å². The lowest BCUT2D eigenvalue weighted by Crippen LogP contribution is -2.35. The van der Waals surface area contributed by atoms with Crippen molar-refractivity contribution in [1.82, 2.24) is 5.32 Å². The largest absolute Gasteiger partial charge is 0.394 e. The number of aliphatic hydroxyl groups is 1. The maximum absolute atomic E-state index is 11.6. The lowest BCUT2D eigenvalue weighted by molar-refractivity contribution is -0.121. The van der Waals surface area contributed by atoms with Gasteiger partial charge in [0.05, 0.1) is 12.6 Å². The number of benzene rings is 1. The first-order valence-electron chi connectivity index (χ1n) is 5.29. The Bertz CT molecular complexity index is 329. The minimum absolute atomic E-state index is 0.136. The molecule has 0 spiro atoms. The fourth-order valence-corrected chi connectivity index (χ4v) is 1.43. The van der Waals surface area contributed by atoms with E-state index in [4.69, 9.17) is 11.6 Å². The summed E-state index contributed by atoms with van der Waals surface area (Å²) < 4.78 is 0. The summed E-state index contributed by atoms with van der Waals surface area (Å²) in [4.78, 5) is 11.6. The molecule has 3 nitrogen and oxygen atoms in total. The zero-order chi connectivity index (χ0) is 12.0. The zero-order valence-corrected chi connectivity index (χ0v) is 9.95. The summed E-state index contributed by atoms with van der Waals surface area (Å²) in [7, 11) is 0. The zero-order valence-electron chi connectivity index (χ0n) is 9.19. The fraction of sp³-hybridized carbons (Fsp3) is 0.417. The Kier molecular flexibility index (Phi) is 5.29. The van der Waals surface area contributed by atoms with E-state index in [1.807, 2.05) is 37.3 Å². The standard InChI is InChI=1S/C12H16ClNO2/c1-2-10(13)12(16)14-11(8-15)9-6-4-3-5-7-9/h3-7,10-11,15H,2,8H2,1H3,(H,14,16). The topological polar surface area (TPSA) is 49.3 Å². The van der Waals surface area contributed by atoms with E-state index < -0.39 is 5.38 Å². The van der Waals surface area contributed by atoms with E-state index in [-0.39, 0.29) is 18.6 Å². The van der Waals surface area contributed by atoms with E-state index in [1.54, 1.807) is 0 Å². The molecule has 0 aromatic heterocycles. The van der Waals surface area contributed by atoms with E-state index in [0.29, 0.717) is 6.42 Å². The minimum atomic E-state index is -0.544. The first-order valence-corrected chi connectivity index (χ1v) is 5.73. The summed E-state index contributed by atoms with van der Waals surface area (Å²) in [6.45, 7) is 1.71. The Morgan fingerprint density at radius 2 is 2.06 bits per heavy atom. The van der Waals surface area contributed by atoms with Crippen LogP contribution in [-0.4, -0.2) is 23.0 Å². The summed E-state index contributed by atoms with van der Waals surface area (Å²) in [6, 6.07) is 8.94. The maximum Gasteiger partial charge on any atom is 0.238 e. The molecule has 0 aliphatic heterocycles. The highest BCUT2D eigenvalue weighted by Crippen LogP contribution is 2.13. The predicted octanol–water partition coefficient (Wildman–Crippen LogP) is 1.85. The molecule has 2 atom stereocenters. The Morgan fingerprint density at radius 1 is 1.44 bits per heavy atom. The number of amides is 1. The molecular formula is C12H16ClNO2. The Labute approximate surface area is 100 Å². The second kappa shape index (κ2) is 6.51. The summed E-state index contributed by atoms with van der Waals surface area (Å²) in [6.07, 6.45) is 0.570. The third kappa shape index (κ3) is 3.51. The van der Waals surface area contributed by atoms with Crippen LogP contribution < -0.4 is 5.32 Å². The Hall–Kier alpha value is -1.06. The highest BCUT2D eigenvalue weighted by molar-refractivity contribution is 6.30. The van der Waals surface area contributed by atoms with E-state index in [2.05, 4.69) is 5.32 Å². The van der Waals surface area contributed by atoms with Crippen molar-refractivity contribution in [2.24, 2.45) is 0 Å². The number of hydrogen-bond donors (Lipinski definition) is 2. The summed E-state index contributed by atoms with van der Waals surface area (Å²) in [5.41, 5.74) is 0.873. The first kappa shape index (κ1) is 13.0. The minimum Gasteiger partial charge on any atom is -0.394 e. The van der Waals surface area contributed by atoms with Crippen LogP contribution in [0.4, 0.5) is 0 Å². The number of rotatable bonds is 5. The number of hydrogen-bond acceptors (Lipinski definition) is 2. The van der Waals surface area contributed by atoms with Gasteiger partial charge in [-0.1, -0.05) is 37.3 Å². The predicted molar refractivity (Wildman–Crippen MR) is 64.3 cm³/mol. The van der Waals surface area contributed by atoms with Crippen molar-refractivity contribution in [2.45, 2.75) is 24.8 Å². The van der Waals surface area contributed by atoms with Crippen molar-refractivity contribution >= 4 is 17.5 Å². The van der Waals surface area contributed by atoms with Gasteiger partial charge < -0.3 is 10.4 Å². The Balaban J connectivity index is 2.66. The van der Waals surface area contributed by atoms with Crippen molar-refractivity contribution in [2.75, 3.05) is 6.61 Å². The molecule has 0 saturated carbocycles. The number of carbonyl (C=O) groups excluding carboxylic acids is 1. The van der Waals surface area contributed by atoms with Crippen molar-refractivity contribution in [3.8, 4) is 0 Å². The second-order valence-corrected chi connectivity index (χ2v) is 4.06. The lowest BCUT2D eigenvalue weighted by Gasteiger charge is -2.18. The highest BCUT2D eigenvalue weighted by Gasteiger charge is 2.18. The van der Waals surface area contributed by atoms with Crippen LogP contribution in [0.5, 0.6) is 0 Å². The van der Waals surface area contributed by atoms with Gasteiger partial charge in [0, 0.05) is 0 Å². The molecule has 0 heterocycles. The van der Waals surface area contributed by atoms with Crippen LogP contribution in [0.25, 0.3) is 0 Å². The van der Waals surface area contributed by atoms with E-state index in [9.17, 15) is 9.90 Å². The van der Waals surface area contributed by atoms with E-state index in [1.165, 1.54) is 0 Å². The average Bonchev–Trinajstić information content (AvgIpc) is 2.35. The normalized spacial score (nSPS) is 14.2. The number of alkyl halides is 1. The molecule has 16 heavy (non-hydrogen) atoms. The molecule has 1 aromatic rings. The van der Waals surface area contributed by atoms with E-state index >= 15 is 0 Å². The van der Waals surface area contributed by atoms with Gasteiger partial charge in [0.25, 0.3) is 0 Å². The molecule has 0 fully saturated rings. The Morgan fingerprint density at radius 3 is 2.56 bits per heavy atom. The molecule has 0 radical (unpaired) electrons. The van der Waals surface area contributed by atoms with Crippen LogP contribution in [0.2, 0.25) is 0 Å². The SMILES string of the molecule is CCC(Cl)C(=O)NC(CO)c1ccccc1. The van der Waals surface area contributed by atoms with Crippen molar-refractivity contribution in [3.05, 3.63) is 35.9 Å². The molecule has 0 bridgehead atoms. The summed E-state index contributed by atoms with van der Waals surface area (Å²) in [5, 5.41) is 11.4.